The van der Waals surface area contributed by atoms with Crippen LogP contribution in [-0.2, 0) is 19.1 Å². The van der Waals surface area contributed by atoms with Gasteiger partial charge >= 0.3 is 11.9 Å². The van der Waals surface area contributed by atoms with Gasteiger partial charge in [0.05, 0.1) is 6.42 Å². The Balaban J connectivity index is 1.53. The number of hydrogen-bond acceptors (Lipinski definition) is 4. The fourth-order valence-corrected chi connectivity index (χ4v) is 4.93. The van der Waals surface area contributed by atoms with Crippen LogP contribution in [-0.4, -0.2) is 24.1 Å². The molecule has 4 saturated carbocycles. The van der Waals surface area contributed by atoms with Gasteiger partial charge in [0.25, 0.3) is 0 Å². The third kappa shape index (κ3) is 2.80. The molecule has 0 radical (unpaired) electrons. The summed E-state index contributed by atoms with van der Waals surface area (Å²) < 4.78 is 10.9. The van der Waals surface area contributed by atoms with Crippen molar-refractivity contribution in [2.24, 2.45) is 23.7 Å². The van der Waals surface area contributed by atoms with Gasteiger partial charge in [-0.15, -0.1) is 0 Å². The lowest BCUT2D eigenvalue weighted by Gasteiger charge is -2.59. The van der Waals surface area contributed by atoms with Crippen LogP contribution in [0.3, 0.4) is 0 Å². The zero-order valence-electron chi connectivity index (χ0n) is 13.6. The average Bonchev–Trinajstić information content (AvgIpc) is 2.44. The standard InChI is InChI=1S/C18H26O4/c1-11(2)17(20)21-5-4-16(19)22-18(3)14-7-12-6-13(9-14)10-15(18)8-12/h12-15H,1,4-10H2,2-3H3. The second kappa shape index (κ2) is 5.71. The summed E-state index contributed by atoms with van der Waals surface area (Å²) in [6, 6.07) is 0. The summed E-state index contributed by atoms with van der Waals surface area (Å²) in [4.78, 5) is 23.5. The largest absolute Gasteiger partial charge is 0.462 e. The minimum Gasteiger partial charge on any atom is -0.462 e. The number of esters is 2. The molecule has 0 atom stereocenters. The molecule has 0 saturated heterocycles. The predicted octanol–water partition coefficient (Wildman–Crippen LogP) is 3.25. The van der Waals surface area contributed by atoms with E-state index in [0.717, 1.165) is 11.8 Å². The highest BCUT2D eigenvalue weighted by Crippen LogP contribution is 2.59. The van der Waals surface area contributed by atoms with Gasteiger partial charge in [-0.1, -0.05) is 6.58 Å². The second-order valence-electron chi connectivity index (χ2n) is 7.63. The Kier molecular flexibility index (Phi) is 4.04. The molecule has 0 N–H and O–H groups in total. The van der Waals surface area contributed by atoms with E-state index in [1.165, 1.54) is 32.1 Å². The van der Waals surface area contributed by atoms with Gasteiger partial charge in [-0.3, -0.25) is 4.79 Å². The van der Waals surface area contributed by atoms with Crippen molar-refractivity contribution in [2.75, 3.05) is 6.61 Å². The van der Waals surface area contributed by atoms with Crippen molar-refractivity contribution in [3.05, 3.63) is 12.2 Å². The van der Waals surface area contributed by atoms with Gasteiger partial charge in [-0.25, -0.2) is 4.79 Å². The van der Waals surface area contributed by atoms with Crippen molar-refractivity contribution in [2.45, 2.75) is 58.0 Å². The van der Waals surface area contributed by atoms with Gasteiger partial charge in [0.15, 0.2) is 0 Å². The van der Waals surface area contributed by atoms with Gasteiger partial charge in [-0.05, 0) is 69.6 Å². The number of rotatable bonds is 5. The highest BCUT2D eigenvalue weighted by Gasteiger charge is 2.56. The first-order valence-electron chi connectivity index (χ1n) is 8.43. The van der Waals surface area contributed by atoms with Gasteiger partial charge in [0.2, 0.25) is 0 Å². The molecule has 4 rings (SSSR count). The smallest absolute Gasteiger partial charge is 0.333 e. The predicted molar refractivity (Wildman–Crippen MR) is 81.9 cm³/mol. The van der Waals surface area contributed by atoms with Gasteiger partial charge < -0.3 is 9.47 Å². The van der Waals surface area contributed by atoms with Crippen LogP contribution in [0, 0.1) is 23.7 Å². The van der Waals surface area contributed by atoms with Crippen molar-refractivity contribution in [1.29, 1.82) is 0 Å². The molecule has 0 aromatic carbocycles. The molecule has 0 heterocycles. The molecule has 22 heavy (non-hydrogen) atoms. The van der Waals surface area contributed by atoms with Crippen molar-refractivity contribution >= 4 is 11.9 Å². The molecule has 4 bridgehead atoms. The molecule has 0 amide bonds. The average molecular weight is 306 g/mol. The van der Waals surface area contributed by atoms with Crippen molar-refractivity contribution < 1.29 is 19.1 Å². The lowest BCUT2D eigenvalue weighted by molar-refractivity contribution is -0.203. The molecule has 0 aliphatic heterocycles. The first-order chi connectivity index (χ1) is 10.4. The van der Waals surface area contributed by atoms with Crippen molar-refractivity contribution in [1.82, 2.24) is 0 Å². The second-order valence-corrected chi connectivity index (χ2v) is 7.63. The summed E-state index contributed by atoms with van der Waals surface area (Å²) in [5.41, 5.74) is 0.0458. The maximum atomic E-state index is 12.2. The van der Waals surface area contributed by atoms with Crippen LogP contribution in [0.4, 0.5) is 0 Å². The Labute approximate surface area is 132 Å². The molecule has 0 spiro atoms. The van der Waals surface area contributed by atoms with Crippen LogP contribution in [0.15, 0.2) is 12.2 Å². The normalized spacial score (nSPS) is 38.6. The van der Waals surface area contributed by atoms with Gasteiger partial charge in [-0.2, -0.15) is 0 Å². The Bertz CT molecular complexity index is 465. The topological polar surface area (TPSA) is 52.6 Å². The summed E-state index contributed by atoms with van der Waals surface area (Å²) in [7, 11) is 0. The van der Waals surface area contributed by atoms with E-state index in [1.54, 1.807) is 6.92 Å². The fourth-order valence-electron chi connectivity index (χ4n) is 4.93. The molecule has 122 valence electrons. The third-order valence-electron chi connectivity index (χ3n) is 5.98. The zero-order valence-corrected chi connectivity index (χ0v) is 13.6. The van der Waals surface area contributed by atoms with E-state index in [2.05, 4.69) is 13.5 Å². The van der Waals surface area contributed by atoms with Crippen LogP contribution >= 0.6 is 0 Å². The van der Waals surface area contributed by atoms with Crippen LogP contribution in [0.1, 0.15) is 52.4 Å². The van der Waals surface area contributed by atoms with Crippen molar-refractivity contribution in [3.63, 3.8) is 0 Å². The monoisotopic (exact) mass is 306 g/mol. The van der Waals surface area contributed by atoms with Crippen LogP contribution in [0.5, 0.6) is 0 Å². The van der Waals surface area contributed by atoms with E-state index in [0.29, 0.717) is 17.4 Å². The summed E-state index contributed by atoms with van der Waals surface area (Å²) >= 11 is 0. The summed E-state index contributed by atoms with van der Waals surface area (Å²) in [6.45, 7) is 7.30. The molecule has 4 heteroatoms. The Hall–Kier alpha value is -1.32. The minimum absolute atomic E-state index is 0.0706. The Morgan fingerprint density at radius 1 is 1.09 bits per heavy atom. The molecule has 0 aromatic rings. The van der Waals surface area contributed by atoms with Crippen LogP contribution < -0.4 is 0 Å². The van der Waals surface area contributed by atoms with E-state index >= 15 is 0 Å². The molecule has 4 aliphatic rings. The van der Waals surface area contributed by atoms with Gasteiger partial charge in [0, 0.05) is 5.57 Å². The maximum absolute atomic E-state index is 12.2. The van der Waals surface area contributed by atoms with Gasteiger partial charge in [0.1, 0.15) is 12.2 Å². The van der Waals surface area contributed by atoms with Crippen LogP contribution in [0.2, 0.25) is 0 Å². The molecular weight excluding hydrogens is 280 g/mol. The SMILES string of the molecule is C=C(C)C(=O)OCCC(=O)OC1(C)C2CC3CC(C2)CC1C3. The number of hydrogen-bond donors (Lipinski definition) is 0. The Morgan fingerprint density at radius 3 is 2.14 bits per heavy atom. The first-order valence-corrected chi connectivity index (χ1v) is 8.43. The van der Waals surface area contributed by atoms with E-state index in [4.69, 9.17) is 9.47 Å². The molecule has 0 aromatic heterocycles. The zero-order chi connectivity index (χ0) is 15.9. The molecule has 4 fully saturated rings. The summed E-state index contributed by atoms with van der Waals surface area (Å²) in [5, 5.41) is 0. The molecule has 4 nitrogen and oxygen atoms in total. The third-order valence-corrected chi connectivity index (χ3v) is 5.98. The number of carbonyl (C=O) groups excluding carboxylic acids is 2. The molecule has 0 unspecified atom stereocenters. The Morgan fingerprint density at radius 2 is 1.64 bits per heavy atom. The molecular formula is C18H26O4. The fraction of sp³-hybridized carbons (Fsp3) is 0.778. The quantitative estimate of drug-likeness (QED) is 0.578. The van der Waals surface area contributed by atoms with E-state index in [-0.39, 0.29) is 24.6 Å². The van der Waals surface area contributed by atoms with E-state index in [1.807, 2.05) is 0 Å². The lowest BCUT2D eigenvalue weighted by Crippen LogP contribution is -2.58. The maximum Gasteiger partial charge on any atom is 0.333 e. The number of carbonyl (C=O) groups is 2. The summed E-state index contributed by atoms with van der Waals surface area (Å²) in [5.74, 6) is 2.05. The lowest BCUT2D eigenvalue weighted by atomic mass is 9.50. The number of ether oxygens (including phenoxy) is 2. The van der Waals surface area contributed by atoms with Crippen molar-refractivity contribution in [3.8, 4) is 0 Å². The summed E-state index contributed by atoms with van der Waals surface area (Å²) in [6.07, 6.45) is 6.35. The van der Waals surface area contributed by atoms with Crippen LogP contribution in [0.25, 0.3) is 0 Å². The van der Waals surface area contributed by atoms with E-state index in [9.17, 15) is 9.59 Å². The molecule has 4 aliphatic carbocycles. The van der Waals surface area contributed by atoms with E-state index < -0.39 is 5.97 Å². The highest BCUT2D eigenvalue weighted by atomic mass is 16.6. The minimum atomic E-state index is -0.450. The first kappa shape index (κ1) is 15.6. The highest BCUT2D eigenvalue weighted by molar-refractivity contribution is 5.87.